The molecule has 9 amide bonds. The minimum Gasteiger partial charge on any atom is -0.481 e. The van der Waals surface area contributed by atoms with Crippen molar-refractivity contribution in [2.45, 2.75) is 181 Å². The summed E-state index contributed by atoms with van der Waals surface area (Å²) in [5.41, 5.74) is -0.359. The number of hydroxylamine groups is 2. The molecule has 4 rings (SSSR count). The van der Waals surface area contributed by atoms with Crippen molar-refractivity contribution in [1.29, 1.82) is 0 Å². The van der Waals surface area contributed by atoms with Crippen molar-refractivity contribution < 1.29 is 77.3 Å². The normalized spacial score (nSPS) is 16.9. The van der Waals surface area contributed by atoms with Crippen molar-refractivity contribution >= 4 is 82.1 Å². The third kappa shape index (κ3) is 26.7. The van der Waals surface area contributed by atoms with Gasteiger partial charge in [0.05, 0.1) is 56.9 Å². The highest BCUT2D eigenvalue weighted by Gasteiger charge is 2.40. The van der Waals surface area contributed by atoms with Gasteiger partial charge in [0.25, 0.3) is 11.8 Å². The maximum Gasteiger partial charge on any atom is 0.309 e. The van der Waals surface area contributed by atoms with Gasteiger partial charge in [-0.25, -0.2) is 10.0 Å². The highest BCUT2D eigenvalue weighted by Crippen LogP contribution is 2.33. The number of carboxylic acids is 1. The highest BCUT2D eigenvalue weighted by molar-refractivity contribution is 7.09. The maximum atomic E-state index is 14.9. The second-order valence-electron chi connectivity index (χ2n) is 24.0. The summed E-state index contributed by atoms with van der Waals surface area (Å²) in [4.78, 5) is 156. The first-order valence-corrected chi connectivity index (χ1v) is 32.2. The molecule has 2 aromatic rings. The van der Waals surface area contributed by atoms with Crippen molar-refractivity contribution in [1.82, 2.24) is 52.2 Å². The summed E-state index contributed by atoms with van der Waals surface area (Å²) in [5.74, 6) is 0.403. The van der Waals surface area contributed by atoms with Gasteiger partial charge in [-0.3, -0.25) is 62.5 Å². The number of piperidine rings is 1. The van der Waals surface area contributed by atoms with Crippen molar-refractivity contribution in [3.05, 3.63) is 45.9 Å². The fraction of sp³-hybridized carbons (Fsp3) is 0.625. The van der Waals surface area contributed by atoms with E-state index in [0.717, 1.165) is 56.4 Å². The fourth-order valence-corrected chi connectivity index (χ4v) is 10.8. The van der Waals surface area contributed by atoms with Gasteiger partial charge in [0, 0.05) is 43.3 Å². The van der Waals surface area contributed by atoms with E-state index in [-0.39, 0.29) is 60.9 Å². The second-order valence-corrected chi connectivity index (χ2v) is 24.9. The molecule has 1 saturated heterocycles. The molecule has 2 aliphatic rings. The van der Waals surface area contributed by atoms with Crippen molar-refractivity contribution in [2.24, 2.45) is 17.3 Å². The van der Waals surface area contributed by atoms with Crippen LogP contribution < -0.4 is 42.5 Å². The monoisotopic (exact) mass is 1300 g/mol. The molecule has 1 fully saturated rings. The largest absolute Gasteiger partial charge is 0.481 e. The number of amides is 9. The Bertz CT molecular complexity index is 2940. The number of anilines is 1. The summed E-state index contributed by atoms with van der Waals surface area (Å²) < 4.78 is 11.4. The van der Waals surface area contributed by atoms with E-state index in [0.29, 0.717) is 43.4 Å². The zero-order valence-electron chi connectivity index (χ0n) is 54.1. The number of unbranched alkanes of at least 4 members (excludes halogenated alkanes) is 1. The van der Waals surface area contributed by atoms with Crippen LogP contribution in [-0.4, -0.2) is 186 Å². The number of nitrogens with one attached hydrogen (secondary N) is 8. The number of rotatable bonds is 37. The Morgan fingerprint density at radius 3 is 2.12 bits per heavy atom. The summed E-state index contributed by atoms with van der Waals surface area (Å²) in [6, 6.07) is 2.23. The van der Waals surface area contributed by atoms with E-state index in [1.807, 2.05) is 39.6 Å². The summed E-state index contributed by atoms with van der Waals surface area (Å²) in [7, 11) is 1.89. The SMILES string of the molecule is C#CCCCON(C(=O)[C@@H](NC(=O)[C@H]1CCCCN1C)[C@@H](C)CC)[C@H](C[C@@H](OC(C)=O)c1nc(C(=O)N[C@@H](Cc2ccc(NC(=O)CNC(=O)CNC(=O)CNC(=O)CNC(=O)[C@H](CO)NC(=O)COC3C#CCCCCC3)cc2)CC(C)(C)C(=O)O)cs1)C(C)C. The molecule has 1 aliphatic carbocycles. The number of carboxylic acid groups (broad SMARTS) is 1. The number of likely N-dealkylation sites (N-methyl/N-ethyl adjacent to an activating group) is 1. The molecule has 10 N–H and O–H groups in total. The third-order valence-electron chi connectivity index (χ3n) is 15.6. The Labute approximate surface area is 542 Å². The molecule has 8 atom stereocenters. The van der Waals surface area contributed by atoms with Crippen LogP contribution in [0, 0.1) is 41.4 Å². The first kappa shape index (κ1) is 76.4. The first-order valence-electron chi connectivity index (χ1n) is 31.3. The van der Waals surface area contributed by atoms with Crippen molar-refractivity contribution in [3.63, 3.8) is 0 Å². The quantitative estimate of drug-likeness (QED) is 0.0201. The zero-order chi connectivity index (χ0) is 67.9. The van der Waals surface area contributed by atoms with Gasteiger partial charge in [0.1, 0.15) is 35.5 Å². The number of likely N-dealkylation sites (tertiary alicyclic amines) is 1. The summed E-state index contributed by atoms with van der Waals surface area (Å²) in [6.07, 6.45) is 12.4. The maximum absolute atomic E-state index is 14.9. The number of nitrogens with zero attached hydrogens (tertiary/aromatic N) is 3. The molecule has 0 radical (unpaired) electrons. The topological polar surface area (TPSA) is 372 Å². The number of aliphatic hydroxyl groups is 1. The van der Waals surface area contributed by atoms with Crippen LogP contribution in [0.3, 0.4) is 0 Å². The number of hydrogen-bond acceptors (Lipinski definition) is 18. The number of hydrogen-bond donors (Lipinski definition) is 10. The minimum absolute atomic E-state index is 0.00790. The van der Waals surface area contributed by atoms with E-state index in [1.54, 1.807) is 24.3 Å². The molecule has 0 saturated carbocycles. The molecule has 1 aromatic heterocycles. The zero-order valence-corrected chi connectivity index (χ0v) is 54.9. The Kier molecular flexibility index (Phi) is 32.7. The van der Waals surface area contributed by atoms with Gasteiger partial charge < -0.3 is 62.2 Å². The van der Waals surface area contributed by atoms with E-state index in [9.17, 15) is 63.0 Å². The predicted molar refractivity (Wildman–Crippen MR) is 340 cm³/mol. The molecule has 92 heavy (non-hydrogen) atoms. The van der Waals surface area contributed by atoms with Crippen LogP contribution >= 0.6 is 11.3 Å². The van der Waals surface area contributed by atoms with Crippen LogP contribution in [0.15, 0.2) is 29.6 Å². The standard InChI is InChI=1S/C64H93N11O16S/c1-10-12-20-29-90-75(62(86)57(41(5)11-2)73-60(85)49-23-18-19-28-74(49)9)50(40(3)4)31-51(91-42(6)77)61-72-48(39-92-61)59(84)70-45(32-64(7,8)63(87)88)30-43-24-26-44(27-25-43)69-55(81)36-67-53(79)34-65-52(78)33-66-54(80)35-68-58(83)47(37-76)71-56(82)38-89-46-21-16-14-13-15-17-22-46/h1,24-27,39-41,45-47,49-51,57,76H,11-16,18-21,23,28-38H2,2-9H3,(H,65,78)(H,66,80)(H,67,79)(H,68,83)(H,69,81)(H,70,84)(H,71,82)(H,73,85)(H,87,88)/t41-,45-,46?,47-,49+,50+,51+,57-/m0/s1. The number of carbonyl (C=O) groups is 11. The average Bonchev–Trinajstić information content (AvgIpc) is 1.27. The Morgan fingerprint density at radius 1 is 0.859 bits per heavy atom. The number of benzene rings is 1. The molecule has 1 aliphatic heterocycles. The number of thiazole rings is 1. The Morgan fingerprint density at radius 2 is 1.51 bits per heavy atom. The van der Waals surface area contributed by atoms with Gasteiger partial charge in [0.2, 0.25) is 41.4 Å². The summed E-state index contributed by atoms with van der Waals surface area (Å²) in [5, 5.41) is 42.9. The molecule has 0 spiro atoms. The van der Waals surface area contributed by atoms with Crippen LogP contribution in [0.25, 0.3) is 0 Å². The first-order chi connectivity index (χ1) is 43.7. The van der Waals surface area contributed by atoms with Gasteiger partial charge in [-0.1, -0.05) is 65.0 Å². The van der Waals surface area contributed by atoms with Crippen LogP contribution in [-0.2, 0) is 68.7 Å². The fourth-order valence-electron chi connectivity index (χ4n) is 10.0. The minimum atomic E-state index is -1.38. The lowest BCUT2D eigenvalue weighted by molar-refractivity contribution is -0.213. The third-order valence-corrected chi connectivity index (χ3v) is 16.5. The summed E-state index contributed by atoms with van der Waals surface area (Å²) >= 11 is 1.05. The molecular weight excluding hydrogens is 1210 g/mol. The van der Waals surface area contributed by atoms with E-state index in [2.05, 4.69) is 65.3 Å². The molecular formula is C64H93N11O16S. The number of carbonyl (C=O) groups excluding carboxylic acids is 10. The second kappa shape index (κ2) is 39.4. The molecule has 0 bridgehead atoms. The average molecular weight is 1300 g/mol. The molecule has 28 heteroatoms. The van der Waals surface area contributed by atoms with Crippen LogP contribution in [0.1, 0.15) is 159 Å². The number of aromatic nitrogens is 1. The van der Waals surface area contributed by atoms with Crippen LogP contribution in [0.5, 0.6) is 0 Å². The number of terminal acetylenes is 1. The van der Waals surface area contributed by atoms with Crippen LogP contribution in [0.2, 0.25) is 0 Å². The van der Waals surface area contributed by atoms with Gasteiger partial charge in [-0.2, -0.15) is 0 Å². The lowest BCUT2D eigenvalue weighted by atomic mass is 9.84. The molecule has 1 aromatic carbocycles. The van der Waals surface area contributed by atoms with Crippen LogP contribution in [0.4, 0.5) is 5.69 Å². The van der Waals surface area contributed by atoms with Crippen molar-refractivity contribution in [2.75, 3.05) is 64.9 Å². The number of aliphatic hydroxyl groups excluding tert-OH is 1. The van der Waals surface area contributed by atoms with Gasteiger partial charge in [0.15, 0.2) is 6.10 Å². The van der Waals surface area contributed by atoms with E-state index >= 15 is 0 Å². The number of esters is 1. The Hall–Kier alpha value is -8.02. The van der Waals surface area contributed by atoms with Gasteiger partial charge >= 0.3 is 11.9 Å². The van der Waals surface area contributed by atoms with Gasteiger partial charge in [-0.15, -0.1) is 29.6 Å². The smallest absolute Gasteiger partial charge is 0.309 e. The Balaban J connectivity index is 1.32. The lowest BCUT2D eigenvalue weighted by Crippen LogP contribution is -2.58. The highest BCUT2D eigenvalue weighted by atomic mass is 32.1. The summed E-state index contributed by atoms with van der Waals surface area (Å²) in [6.45, 7) is 9.35. The lowest BCUT2D eigenvalue weighted by Gasteiger charge is -2.39. The van der Waals surface area contributed by atoms with E-state index in [4.69, 9.17) is 20.7 Å². The van der Waals surface area contributed by atoms with Crippen molar-refractivity contribution in [3.8, 4) is 24.2 Å². The molecule has 2 heterocycles. The molecule has 1 unspecified atom stereocenters. The van der Waals surface area contributed by atoms with E-state index < -0.39 is 140 Å². The van der Waals surface area contributed by atoms with Gasteiger partial charge in [-0.05, 0) is 108 Å². The molecule has 506 valence electrons. The predicted octanol–water partition coefficient (Wildman–Crippen LogP) is 2.43. The number of ether oxygens (including phenoxy) is 2. The number of aliphatic carboxylic acids is 1. The molecule has 27 nitrogen and oxygen atoms in total. The van der Waals surface area contributed by atoms with E-state index in [1.165, 1.54) is 31.2 Å².